The van der Waals surface area contributed by atoms with Crippen LogP contribution in [0.25, 0.3) is 0 Å². The summed E-state index contributed by atoms with van der Waals surface area (Å²) in [5.41, 5.74) is -0.836. The Kier molecular flexibility index (Phi) is 8.34. The zero-order valence-electron chi connectivity index (χ0n) is 21.9. The summed E-state index contributed by atoms with van der Waals surface area (Å²) < 4.78 is 54.1. The molecule has 208 valence electrons. The van der Waals surface area contributed by atoms with E-state index in [1.54, 1.807) is 6.92 Å². The van der Waals surface area contributed by atoms with E-state index in [2.05, 4.69) is 30.9 Å². The first-order chi connectivity index (χ1) is 17.8. The standard InChI is InChI=1S/C26H33F3N4O4S/c1-16(31-35)11-32-12-19(13-32)37-21-8-7-17(26(27,28)29)10-20(21)23(34)30-24-33(14-18-6-5-9-36-18)15-22(38-24)25(2,3)4/h7-8,10,15,18-19,35H,5-6,9,11-14H2,1-4H3/b30-24?,31-16+/t18-/m1/s1. The Hall–Kier alpha value is -2.70. The molecule has 0 saturated carbocycles. The van der Waals surface area contributed by atoms with Crippen LogP contribution < -0.4 is 9.54 Å². The molecule has 38 heavy (non-hydrogen) atoms. The fourth-order valence-electron chi connectivity index (χ4n) is 4.34. The molecule has 1 atom stereocenters. The number of carbonyl (C=O) groups excluding carboxylic acids is 1. The normalized spacial score (nSPS) is 20.1. The number of carbonyl (C=O) groups is 1. The minimum Gasteiger partial charge on any atom is -0.487 e. The van der Waals surface area contributed by atoms with Crippen molar-refractivity contribution < 1.29 is 32.6 Å². The summed E-state index contributed by atoms with van der Waals surface area (Å²) in [7, 11) is 0. The molecule has 0 bridgehead atoms. The minimum atomic E-state index is -4.62. The highest BCUT2D eigenvalue weighted by atomic mass is 32.1. The Morgan fingerprint density at radius 2 is 2.00 bits per heavy atom. The molecule has 0 aliphatic carbocycles. The molecule has 1 aromatic heterocycles. The van der Waals surface area contributed by atoms with Gasteiger partial charge in [-0.15, -0.1) is 11.3 Å². The van der Waals surface area contributed by atoms with E-state index in [9.17, 15) is 18.0 Å². The largest absolute Gasteiger partial charge is 0.487 e. The third-order valence-corrected chi connectivity index (χ3v) is 7.90. The van der Waals surface area contributed by atoms with Crippen LogP contribution in [-0.4, -0.2) is 64.7 Å². The second kappa shape index (κ2) is 11.2. The quantitative estimate of drug-likeness (QED) is 0.305. The summed E-state index contributed by atoms with van der Waals surface area (Å²) in [6.45, 7) is 10.5. The van der Waals surface area contributed by atoms with Crippen LogP contribution in [0, 0.1) is 0 Å². The average molecular weight is 555 g/mol. The lowest BCUT2D eigenvalue weighted by Gasteiger charge is -2.38. The van der Waals surface area contributed by atoms with E-state index in [0.29, 0.717) is 43.3 Å². The van der Waals surface area contributed by atoms with Crippen molar-refractivity contribution in [1.29, 1.82) is 0 Å². The molecule has 0 unspecified atom stereocenters. The van der Waals surface area contributed by atoms with Crippen molar-refractivity contribution in [1.82, 2.24) is 9.47 Å². The number of halogens is 3. The van der Waals surface area contributed by atoms with Gasteiger partial charge >= 0.3 is 6.18 Å². The van der Waals surface area contributed by atoms with Crippen molar-refractivity contribution in [3.63, 3.8) is 0 Å². The summed E-state index contributed by atoms with van der Waals surface area (Å²) in [5, 5.41) is 12.0. The van der Waals surface area contributed by atoms with Crippen molar-refractivity contribution in [3.8, 4) is 5.75 Å². The molecule has 2 fully saturated rings. The Bertz CT molecular complexity index is 1250. The molecule has 2 saturated heterocycles. The third-order valence-electron chi connectivity index (χ3n) is 6.46. The lowest BCUT2D eigenvalue weighted by Crippen LogP contribution is -2.55. The van der Waals surface area contributed by atoms with Crippen LogP contribution in [0.2, 0.25) is 0 Å². The van der Waals surface area contributed by atoms with E-state index >= 15 is 0 Å². The molecule has 3 heterocycles. The Balaban J connectivity index is 1.65. The van der Waals surface area contributed by atoms with Crippen molar-refractivity contribution in [2.45, 2.75) is 70.9 Å². The molecule has 1 N–H and O–H groups in total. The lowest BCUT2D eigenvalue weighted by molar-refractivity contribution is -0.137. The van der Waals surface area contributed by atoms with Crippen LogP contribution in [0.1, 0.15) is 61.3 Å². The van der Waals surface area contributed by atoms with Crippen LogP contribution in [0.4, 0.5) is 13.2 Å². The first-order valence-electron chi connectivity index (χ1n) is 12.5. The molecule has 12 heteroatoms. The summed E-state index contributed by atoms with van der Waals surface area (Å²) in [6.07, 6.45) is -1.13. The highest BCUT2D eigenvalue weighted by Crippen LogP contribution is 2.34. The number of amides is 1. The molecular weight excluding hydrogens is 521 g/mol. The first-order valence-corrected chi connectivity index (χ1v) is 13.3. The topological polar surface area (TPSA) is 88.7 Å². The number of ether oxygens (including phenoxy) is 2. The zero-order valence-corrected chi connectivity index (χ0v) is 22.7. The minimum absolute atomic E-state index is 0.000000629. The Morgan fingerprint density at radius 3 is 2.61 bits per heavy atom. The Labute approximate surface area is 223 Å². The lowest BCUT2D eigenvalue weighted by atomic mass is 9.95. The van der Waals surface area contributed by atoms with E-state index in [0.717, 1.165) is 29.9 Å². The van der Waals surface area contributed by atoms with Gasteiger partial charge in [0.05, 0.1) is 29.5 Å². The number of nitrogens with zero attached hydrogens (tertiary/aromatic N) is 4. The maximum absolute atomic E-state index is 13.5. The number of hydrogen-bond donors (Lipinski definition) is 1. The predicted octanol–water partition coefficient (Wildman–Crippen LogP) is 4.70. The van der Waals surface area contributed by atoms with Gasteiger partial charge in [-0.05, 0) is 43.4 Å². The van der Waals surface area contributed by atoms with Gasteiger partial charge in [-0.25, -0.2) is 0 Å². The van der Waals surface area contributed by atoms with Gasteiger partial charge in [0.1, 0.15) is 11.9 Å². The molecule has 8 nitrogen and oxygen atoms in total. The first kappa shape index (κ1) is 28.3. The number of aromatic nitrogens is 1. The van der Waals surface area contributed by atoms with Crippen LogP contribution in [0.3, 0.4) is 0 Å². The highest BCUT2D eigenvalue weighted by Gasteiger charge is 2.34. The molecule has 2 aromatic rings. The number of rotatable bonds is 7. The molecule has 1 amide bonds. The van der Waals surface area contributed by atoms with E-state index in [1.165, 1.54) is 17.4 Å². The van der Waals surface area contributed by atoms with Gasteiger partial charge < -0.3 is 19.2 Å². The third kappa shape index (κ3) is 6.83. The van der Waals surface area contributed by atoms with Gasteiger partial charge in [-0.2, -0.15) is 18.2 Å². The molecule has 0 spiro atoms. The average Bonchev–Trinajstić information content (AvgIpc) is 3.47. The molecular formula is C26H33F3N4O4S. The van der Waals surface area contributed by atoms with Crippen LogP contribution >= 0.6 is 11.3 Å². The number of likely N-dealkylation sites (tertiary alicyclic amines) is 1. The van der Waals surface area contributed by atoms with Crippen molar-refractivity contribution in [3.05, 3.63) is 45.2 Å². The van der Waals surface area contributed by atoms with E-state index in [1.807, 2.05) is 15.7 Å². The SMILES string of the molecule is C/C(CN1CC(Oc2ccc(C(F)(F)F)cc2C(=O)N=c2sc(C(C)(C)C)cn2C[C@H]2CCCO2)C1)=N\O. The van der Waals surface area contributed by atoms with E-state index in [-0.39, 0.29) is 28.9 Å². The van der Waals surface area contributed by atoms with Crippen LogP contribution in [0.15, 0.2) is 34.5 Å². The molecule has 1 aromatic carbocycles. The van der Waals surface area contributed by atoms with Crippen LogP contribution in [-0.2, 0) is 22.9 Å². The summed E-state index contributed by atoms with van der Waals surface area (Å²) >= 11 is 1.34. The maximum atomic E-state index is 13.5. The number of thiazole rings is 1. The molecule has 2 aliphatic heterocycles. The Morgan fingerprint density at radius 1 is 1.26 bits per heavy atom. The summed E-state index contributed by atoms with van der Waals surface area (Å²) in [6, 6.07) is 2.90. The fourth-order valence-corrected chi connectivity index (χ4v) is 5.39. The molecule has 2 aliphatic rings. The molecule has 4 rings (SSSR count). The number of oxime groups is 1. The van der Waals surface area contributed by atoms with Crippen molar-refractivity contribution in [2.75, 3.05) is 26.2 Å². The van der Waals surface area contributed by atoms with Gasteiger partial charge in [-0.1, -0.05) is 25.9 Å². The zero-order chi connectivity index (χ0) is 27.7. The van der Waals surface area contributed by atoms with E-state index in [4.69, 9.17) is 14.7 Å². The van der Waals surface area contributed by atoms with Gasteiger partial charge in [0, 0.05) is 37.3 Å². The van der Waals surface area contributed by atoms with Gasteiger partial charge in [0.25, 0.3) is 5.91 Å². The smallest absolute Gasteiger partial charge is 0.416 e. The molecule has 0 radical (unpaired) electrons. The van der Waals surface area contributed by atoms with Gasteiger partial charge in [0.2, 0.25) is 0 Å². The second-order valence-corrected chi connectivity index (χ2v) is 11.8. The fraction of sp³-hybridized carbons (Fsp3) is 0.577. The van der Waals surface area contributed by atoms with Gasteiger partial charge in [-0.3, -0.25) is 9.69 Å². The second-order valence-electron chi connectivity index (χ2n) is 10.8. The number of alkyl halides is 3. The van der Waals surface area contributed by atoms with Crippen molar-refractivity contribution >= 4 is 23.0 Å². The van der Waals surface area contributed by atoms with Gasteiger partial charge in [0.15, 0.2) is 4.80 Å². The highest BCUT2D eigenvalue weighted by molar-refractivity contribution is 7.09. The number of benzene rings is 1. The predicted molar refractivity (Wildman–Crippen MR) is 137 cm³/mol. The number of hydrogen-bond acceptors (Lipinski definition) is 7. The van der Waals surface area contributed by atoms with Crippen molar-refractivity contribution in [2.24, 2.45) is 10.1 Å². The summed E-state index contributed by atoms with van der Waals surface area (Å²) in [4.78, 5) is 21.1. The monoisotopic (exact) mass is 554 g/mol. The summed E-state index contributed by atoms with van der Waals surface area (Å²) in [5.74, 6) is -0.740. The van der Waals surface area contributed by atoms with E-state index < -0.39 is 17.6 Å². The maximum Gasteiger partial charge on any atom is 0.416 e. The van der Waals surface area contributed by atoms with Crippen LogP contribution in [0.5, 0.6) is 5.75 Å².